The molecule has 0 aliphatic heterocycles. The maximum absolute atomic E-state index is 12.1. The molecule has 1 atom stereocenters. The van der Waals surface area contributed by atoms with Crippen molar-refractivity contribution in [1.29, 1.82) is 0 Å². The van der Waals surface area contributed by atoms with Gasteiger partial charge in [0, 0.05) is 6.07 Å². The van der Waals surface area contributed by atoms with Gasteiger partial charge in [-0.25, -0.2) is 5.10 Å². The van der Waals surface area contributed by atoms with E-state index in [2.05, 4.69) is 15.5 Å². The molecule has 2 N–H and O–H groups in total. The van der Waals surface area contributed by atoms with Crippen LogP contribution < -0.4 is 10.9 Å². The number of hydrogen-bond acceptors (Lipinski definition) is 3. The number of amides is 1. The summed E-state index contributed by atoms with van der Waals surface area (Å²) in [5.74, 6) is -0.0621. The highest BCUT2D eigenvalue weighted by atomic mass is 16.2. The van der Waals surface area contributed by atoms with Gasteiger partial charge < -0.3 is 5.32 Å². The summed E-state index contributed by atoms with van der Waals surface area (Å²) in [4.78, 5) is 23.1. The highest BCUT2D eigenvalue weighted by molar-refractivity contribution is 5.92. The molecule has 0 bridgehead atoms. The second kappa shape index (κ2) is 6.14. The van der Waals surface area contributed by atoms with Gasteiger partial charge in [0.1, 0.15) is 5.69 Å². The number of rotatable bonds is 4. The van der Waals surface area contributed by atoms with E-state index in [1.807, 2.05) is 44.2 Å². The third-order valence-corrected chi connectivity index (χ3v) is 3.02. The first-order valence-electron chi connectivity index (χ1n) is 6.49. The first kappa shape index (κ1) is 14.0. The van der Waals surface area contributed by atoms with Crippen LogP contribution in [0.3, 0.4) is 0 Å². The number of aromatic amines is 1. The number of carbonyl (C=O) groups excluding carboxylic acids is 1. The molecule has 1 heterocycles. The summed E-state index contributed by atoms with van der Waals surface area (Å²) < 4.78 is 0. The Labute approximate surface area is 117 Å². The van der Waals surface area contributed by atoms with Gasteiger partial charge in [-0.05, 0) is 17.5 Å². The molecular weight excluding hydrogens is 254 g/mol. The standard InChI is InChI=1S/C15H17N3O2/c1-10(2)14(11-6-4-3-5-7-11)16-15(20)12-8-9-13(19)18-17-12/h3-10,14H,1-2H3,(H,16,20)(H,18,19). The Balaban J connectivity index is 2.19. The van der Waals surface area contributed by atoms with Gasteiger partial charge in [-0.3, -0.25) is 9.59 Å². The van der Waals surface area contributed by atoms with Gasteiger partial charge >= 0.3 is 0 Å². The van der Waals surface area contributed by atoms with Crippen molar-refractivity contribution in [2.45, 2.75) is 19.9 Å². The Bertz CT molecular complexity index is 615. The summed E-state index contributed by atoms with van der Waals surface area (Å²) in [6, 6.07) is 12.4. The lowest BCUT2D eigenvalue weighted by Crippen LogP contribution is -2.32. The van der Waals surface area contributed by atoms with Crippen molar-refractivity contribution in [2.75, 3.05) is 0 Å². The molecule has 0 aliphatic rings. The fourth-order valence-electron chi connectivity index (χ4n) is 1.98. The Kier molecular flexibility index (Phi) is 4.30. The second-order valence-corrected chi connectivity index (χ2v) is 4.91. The van der Waals surface area contributed by atoms with Gasteiger partial charge in [-0.2, -0.15) is 5.10 Å². The minimum Gasteiger partial charge on any atom is -0.344 e. The molecule has 2 rings (SSSR count). The summed E-state index contributed by atoms with van der Waals surface area (Å²) in [6.45, 7) is 4.08. The van der Waals surface area contributed by atoms with Crippen LogP contribution >= 0.6 is 0 Å². The van der Waals surface area contributed by atoms with Crippen LogP contribution in [0.15, 0.2) is 47.3 Å². The van der Waals surface area contributed by atoms with Crippen molar-refractivity contribution in [3.63, 3.8) is 0 Å². The minimum atomic E-state index is -0.329. The number of nitrogens with one attached hydrogen (secondary N) is 2. The van der Waals surface area contributed by atoms with E-state index in [1.54, 1.807) is 0 Å². The number of carbonyl (C=O) groups is 1. The summed E-state index contributed by atoms with van der Waals surface area (Å²) in [6.07, 6.45) is 0. The largest absolute Gasteiger partial charge is 0.344 e. The van der Waals surface area contributed by atoms with Gasteiger partial charge in [0.15, 0.2) is 0 Å². The topological polar surface area (TPSA) is 74.8 Å². The van der Waals surface area contributed by atoms with Crippen molar-refractivity contribution in [3.8, 4) is 0 Å². The molecule has 0 aliphatic carbocycles. The fourth-order valence-corrected chi connectivity index (χ4v) is 1.98. The first-order chi connectivity index (χ1) is 9.58. The molecule has 104 valence electrons. The Hall–Kier alpha value is -2.43. The van der Waals surface area contributed by atoms with Gasteiger partial charge in [0.2, 0.25) is 0 Å². The Morgan fingerprint density at radius 2 is 1.85 bits per heavy atom. The fraction of sp³-hybridized carbons (Fsp3) is 0.267. The monoisotopic (exact) mass is 271 g/mol. The van der Waals surface area contributed by atoms with Crippen LogP contribution in [-0.4, -0.2) is 16.1 Å². The predicted octanol–water partition coefficient (Wildman–Crippen LogP) is 1.90. The number of hydrogen-bond donors (Lipinski definition) is 2. The van der Waals surface area contributed by atoms with Crippen molar-refractivity contribution >= 4 is 5.91 Å². The van der Waals surface area contributed by atoms with E-state index in [9.17, 15) is 9.59 Å². The number of H-pyrrole nitrogens is 1. The molecule has 20 heavy (non-hydrogen) atoms. The molecule has 2 aromatic rings. The lowest BCUT2D eigenvalue weighted by molar-refractivity contribution is 0.0919. The van der Waals surface area contributed by atoms with Crippen LogP contribution in [0, 0.1) is 5.92 Å². The molecule has 0 radical (unpaired) electrons. The molecule has 0 saturated heterocycles. The molecule has 1 unspecified atom stereocenters. The van der Waals surface area contributed by atoms with Crippen molar-refractivity contribution < 1.29 is 4.79 Å². The zero-order chi connectivity index (χ0) is 14.5. The maximum atomic E-state index is 12.1. The lowest BCUT2D eigenvalue weighted by atomic mass is 9.96. The summed E-state index contributed by atoms with van der Waals surface area (Å²) >= 11 is 0. The zero-order valence-electron chi connectivity index (χ0n) is 11.5. The molecule has 1 aromatic carbocycles. The van der Waals surface area contributed by atoms with Crippen LogP contribution in [0.25, 0.3) is 0 Å². The lowest BCUT2D eigenvalue weighted by Gasteiger charge is -2.22. The van der Waals surface area contributed by atoms with E-state index in [1.165, 1.54) is 12.1 Å². The third kappa shape index (κ3) is 3.32. The second-order valence-electron chi connectivity index (χ2n) is 4.91. The SMILES string of the molecule is CC(C)C(NC(=O)c1ccc(=O)[nH]n1)c1ccccc1. The maximum Gasteiger partial charge on any atom is 0.272 e. The summed E-state index contributed by atoms with van der Waals surface area (Å²) in [5.41, 5.74) is 0.913. The minimum absolute atomic E-state index is 0.0996. The van der Waals surface area contributed by atoms with E-state index >= 15 is 0 Å². The molecular formula is C15H17N3O2. The van der Waals surface area contributed by atoms with Gasteiger partial charge in [0.05, 0.1) is 6.04 Å². The summed E-state index contributed by atoms with van der Waals surface area (Å²) in [7, 11) is 0. The van der Waals surface area contributed by atoms with Gasteiger partial charge in [0.25, 0.3) is 11.5 Å². The van der Waals surface area contributed by atoms with Crippen LogP contribution in [0.5, 0.6) is 0 Å². The van der Waals surface area contributed by atoms with Gasteiger partial charge in [-0.15, -0.1) is 0 Å². The van der Waals surface area contributed by atoms with Crippen molar-refractivity contribution in [2.24, 2.45) is 5.92 Å². The molecule has 1 amide bonds. The molecule has 0 spiro atoms. The highest BCUT2D eigenvalue weighted by Crippen LogP contribution is 2.21. The highest BCUT2D eigenvalue weighted by Gasteiger charge is 2.19. The number of benzene rings is 1. The number of nitrogens with zero attached hydrogens (tertiary/aromatic N) is 1. The first-order valence-corrected chi connectivity index (χ1v) is 6.49. The predicted molar refractivity (Wildman–Crippen MR) is 76.3 cm³/mol. The van der Waals surface area contributed by atoms with E-state index < -0.39 is 0 Å². The molecule has 1 aromatic heterocycles. The van der Waals surface area contributed by atoms with Crippen molar-refractivity contribution in [1.82, 2.24) is 15.5 Å². The Morgan fingerprint density at radius 1 is 1.15 bits per heavy atom. The Morgan fingerprint density at radius 3 is 2.40 bits per heavy atom. The van der Waals surface area contributed by atoms with Crippen LogP contribution in [0.1, 0.15) is 35.9 Å². The van der Waals surface area contributed by atoms with E-state index in [0.29, 0.717) is 0 Å². The molecule has 5 nitrogen and oxygen atoms in total. The summed E-state index contributed by atoms with van der Waals surface area (Å²) in [5, 5.41) is 8.94. The van der Waals surface area contributed by atoms with Crippen LogP contribution in [0.4, 0.5) is 0 Å². The van der Waals surface area contributed by atoms with E-state index in [0.717, 1.165) is 5.56 Å². The third-order valence-electron chi connectivity index (χ3n) is 3.02. The zero-order valence-corrected chi connectivity index (χ0v) is 11.5. The molecule has 0 saturated carbocycles. The average molecular weight is 271 g/mol. The van der Waals surface area contributed by atoms with Crippen molar-refractivity contribution in [3.05, 3.63) is 64.1 Å². The molecule has 0 fully saturated rings. The smallest absolute Gasteiger partial charge is 0.272 e. The molecule has 5 heteroatoms. The normalized spacial score (nSPS) is 12.2. The number of aromatic nitrogens is 2. The van der Waals surface area contributed by atoms with Gasteiger partial charge in [-0.1, -0.05) is 44.2 Å². The van der Waals surface area contributed by atoms with E-state index in [-0.39, 0.29) is 29.1 Å². The van der Waals surface area contributed by atoms with Crippen LogP contribution in [-0.2, 0) is 0 Å². The average Bonchev–Trinajstić information content (AvgIpc) is 2.46. The quantitative estimate of drug-likeness (QED) is 0.891. The van der Waals surface area contributed by atoms with E-state index in [4.69, 9.17) is 0 Å². The van der Waals surface area contributed by atoms with Crippen LogP contribution in [0.2, 0.25) is 0 Å².